The van der Waals surface area contributed by atoms with Crippen LogP contribution >= 0.6 is 23.4 Å². The van der Waals surface area contributed by atoms with Gasteiger partial charge in [0.25, 0.3) is 5.22 Å². The number of aliphatic carboxylic acids is 2. The molecule has 0 saturated carbocycles. The van der Waals surface area contributed by atoms with E-state index in [-0.39, 0.29) is 11.1 Å². The number of aromatic nitrogens is 1. The van der Waals surface area contributed by atoms with Gasteiger partial charge in [0.15, 0.2) is 5.58 Å². The Kier molecular flexibility index (Phi) is 4.51. The van der Waals surface area contributed by atoms with Gasteiger partial charge >= 0.3 is 11.9 Å². The summed E-state index contributed by atoms with van der Waals surface area (Å²) in [4.78, 5) is 26.3. The molecule has 8 heteroatoms. The van der Waals surface area contributed by atoms with Crippen LogP contribution in [0.2, 0.25) is 0 Å². The van der Waals surface area contributed by atoms with Gasteiger partial charge in [-0.25, -0.2) is 4.98 Å². The van der Waals surface area contributed by atoms with E-state index in [2.05, 4.69) is 4.98 Å². The molecule has 1 aromatic carbocycles. The van der Waals surface area contributed by atoms with E-state index in [1.165, 1.54) is 0 Å². The average molecular weight is 316 g/mol. The minimum Gasteiger partial charge on any atom is -0.481 e. The van der Waals surface area contributed by atoms with Gasteiger partial charge in [-0.2, -0.15) is 0 Å². The summed E-state index contributed by atoms with van der Waals surface area (Å²) in [5.74, 6) is -4.07. The Hall–Kier alpha value is -1.73. The van der Waals surface area contributed by atoms with Crippen molar-refractivity contribution in [2.45, 2.75) is 10.5 Å². The highest BCUT2D eigenvalue weighted by Crippen LogP contribution is 2.31. The second kappa shape index (κ2) is 6.15. The lowest BCUT2D eigenvalue weighted by Gasteiger charge is -2.15. The number of halogens is 1. The highest BCUT2D eigenvalue weighted by Gasteiger charge is 2.35. The molecule has 0 saturated heterocycles. The fraction of sp³-hybridized carbons (Fsp3) is 0.250. The number of benzene rings is 1. The van der Waals surface area contributed by atoms with Gasteiger partial charge < -0.3 is 14.6 Å². The highest BCUT2D eigenvalue weighted by atomic mass is 35.5. The Morgan fingerprint density at radius 1 is 1.30 bits per heavy atom. The van der Waals surface area contributed by atoms with E-state index in [0.717, 1.165) is 11.8 Å². The number of carbonyl (C=O) groups is 2. The summed E-state index contributed by atoms with van der Waals surface area (Å²) in [6, 6.07) is 6.94. The smallest absolute Gasteiger partial charge is 0.318 e. The van der Waals surface area contributed by atoms with Gasteiger partial charge in [0.1, 0.15) is 10.8 Å². The van der Waals surface area contributed by atoms with Crippen molar-refractivity contribution in [2.75, 3.05) is 5.88 Å². The van der Waals surface area contributed by atoms with Crippen molar-refractivity contribution in [3.63, 3.8) is 0 Å². The molecule has 106 valence electrons. The first-order chi connectivity index (χ1) is 9.52. The summed E-state index contributed by atoms with van der Waals surface area (Å²) < 4.78 is 5.38. The van der Waals surface area contributed by atoms with E-state index in [9.17, 15) is 9.59 Å². The van der Waals surface area contributed by atoms with Crippen molar-refractivity contribution in [3.05, 3.63) is 24.3 Å². The molecule has 0 radical (unpaired) electrons. The zero-order valence-corrected chi connectivity index (χ0v) is 11.6. The predicted octanol–water partition coefficient (Wildman–Crippen LogP) is 2.31. The van der Waals surface area contributed by atoms with Gasteiger partial charge in [-0.05, 0) is 12.1 Å². The third-order valence-electron chi connectivity index (χ3n) is 2.59. The van der Waals surface area contributed by atoms with Crippen LogP contribution < -0.4 is 0 Å². The quantitative estimate of drug-likeness (QED) is 0.623. The number of hydrogen-bond donors (Lipinski definition) is 2. The topological polar surface area (TPSA) is 101 Å². The molecular formula is C12H10ClNO5S. The van der Waals surface area contributed by atoms with E-state index in [0.29, 0.717) is 11.1 Å². The van der Waals surface area contributed by atoms with Crippen molar-refractivity contribution in [1.82, 2.24) is 4.98 Å². The fourth-order valence-electron chi connectivity index (χ4n) is 1.59. The lowest BCUT2D eigenvalue weighted by molar-refractivity contribution is -0.146. The van der Waals surface area contributed by atoms with E-state index < -0.39 is 23.1 Å². The summed E-state index contributed by atoms with van der Waals surface area (Å²) in [6.45, 7) is 0. The number of para-hydroxylation sites is 2. The normalized spacial score (nSPS) is 14.1. The Balaban J connectivity index is 2.27. The van der Waals surface area contributed by atoms with Crippen LogP contribution in [0.5, 0.6) is 0 Å². The lowest BCUT2D eigenvalue weighted by atomic mass is 10.1. The first-order valence-corrected chi connectivity index (χ1v) is 6.98. The number of carboxylic acids is 2. The summed E-state index contributed by atoms with van der Waals surface area (Å²) in [7, 11) is 0. The molecule has 2 aromatic rings. The van der Waals surface area contributed by atoms with Crippen molar-refractivity contribution in [2.24, 2.45) is 5.92 Å². The van der Waals surface area contributed by atoms with Crippen LogP contribution in [0.4, 0.5) is 0 Å². The van der Waals surface area contributed by atoms with E-state index in [4.69, 9.17) is 26.2 Å². The molecule has 2 unspecified atom stereocenters. The molecule has 0 bridgehead atoms. The summed E-state index contributed by atoms with van der Waals surface area (Å²) >= 11 is 6.28. The number of oxazole rings is 1. The molecule has 1 aromatic heterocycles. The van der Waals surface area contributed by atoms with E-state index in [1.807, 2.05) is 0 Å². The average Bonchev–Trinajstić information content (AvgIpc) is 2.80. The van der Waals surface area contributed by atoms with Gasteiger partial charge in [0, 0.05) is 5.88 Å². The van der Waals surface area contributed by atoms with E-state index >= 15 is 0 Å². The number of alkyl halides is 1. The number of fused-ring (bicyclic) bond motifs is 1. The summed E-state index contributed by atoms with van der Waals surface area (Å²) in [6.07, 6.45) is 0. The van der Waals surface area contributed by atoms with Crippen molar-refractivity contribution in [1.29, 1.82) is 0 Å². The molecule has 0 aliphatic carbocycles. The van der Waals surface area contributed by atoms with Gasteiger partial charge in [0.05, 0.1) is 5.92 Å². The van der Waals surface area contributed by atoms with Gasteiger partial charge in [-0.3, -0.25) is 9.59 Å². The van der Waals surface area contributed by atoms with E-state index in [1.54, 1.807) is 24.3 Å². The van der Waals surface area contributed by atoms with Crippen molar-refractivity contribution >= 4 is 46.4 Å². The van der Waals surface area contributed by atoms with Crippen LogP contribution in [-0.2, 0) is 9.59 Å². The Labute approximate surface area is 122 Å². The highest BCUT2D eigenvalue weighted by molar-refractivity contribution is 8.00. The zero-order valence-electron chi connectivity index (χ0n) is 10.0. The maximum absolute atomic E-state index is 11.2. The Morgan fingerprint density at radius 2 is 2.00 bits per heavy atom. The van der Waals surface area contributed by atoms with Gasteiger partial charge in [-0.1, -0.05) is 23.9 Å². The molecule has 1 heterocycles. The SMILES string of the molecule is O=C(O)C(CCl)C(Sc1nc2ccccc2o1)C(=O)O. The monoisotopic (exact) mass is 315 g/mol. The number of hydrogen-bond acceptors (Lipinski definition) is 5. The number of thioether (sulfide) groups is 1. The molecule has 2 rings (SSSR count). The third-order valence-corrected chi connectivity index (χ3v) is 4.09. The van der Waals surface area contributed by atoms with Crippen molar-refractivity contribution in [3.8, 4) is 0 Å². The second-order valence-electron chi connectivity index (χ2n) is 3.92. The number of nitrogens with zero attached hydrogens (tertiary/aromatic N) is 1. The zero-order chi connectivity index (χ0) is 14.7. The molecule has 0 spiro atoms. The minimum atomic E-state index is -1.27. The fourth-order valence-corrected chi connectivity index (χ4v) is 2.99. The minimum absolute atomic E-state index is 0.106. The third kappa shape index (κ3) is 3.05. The summed E-state index contributed by atoms with van der Waals surface area (Å²) in [5, 5.41) is 17.0. The molecule has 6 nitrogen and oxygen atoms in total. The molecule has 2 N–H and O–H groups in total. The Morgan fingerprint density at radius 3 is 2.55 bits per heavy atom. The van der Waals surface area contributed by atoms with Crippen LogP contribution in [0, 0.1) is 5.92 Å². The lowest BCUT2D eigenvalue weighted by Crippen LogP contribution is -2.33. The van der Waals surface area contributed by atoms with Crippen LogP contribution in [0.25, 0.3) is 11.1 Å². The maximum Gasteiger partial charge on any atom is 0.318 e. The van der Waals surface area contributed by atoms with Gasteiger partial charge in [0.2, 0.25) is 0 Å². The maximum atomic E-state index is 11.2. The molecule has 0 aliphatic heterocycles. The van der Waals surface area contributed by atoms with Crippen LogP contribution in [0.1, 0.15) is 0 Å². The van der Waals surface area contributed by atoms with Gasteiger partial charge in [-0.15, -0.1) is 11.6 Å². The molecular weight excluding hydrogens is 306 g/mol. The van der Waals surface area contributed by atoms with Crippen LogP contribution in [0.3, 0.4) is 0 Å². The second-order valence-corrected chi connectivity index (χ2v) is 5.32. The number of rotatable bonds is 6. The molecule has 20 heavy (non-hydrogen) atoms. The van der Waals surface area contributed by atoms with Crippen LogP contribution in [0.15, 0.2) is 33.9 Å². The summed E-state index contributed by atoms with van der Waals surface area (Å²) in [5.41, 5.74) is 1.09. The first kappa shape index (κ1) is 14.7. The first-order valence-electron chi connectivity index (χ1n) is 5.56. The predicted molar refractivity (Wildman–Crippen MR) is 73.1 cm³/mol. The molecule has 0 aliphatic rings. The Bertz CT molecular complexity index is 611. The standard InChI is InChI=1S/C12H10ClNO5S/c13-5-6(10(15)16)9(11(17)18)20-12-14-7-3-1-2-4-8(7)19-12/h1-4,6,9H,5H2,(H,15,16)(H,17,18). The van der Waals surface area contributed by atoms with Crippen LogP contribution in [-0.4, -0.2) is 38.3 Å². The van der Waals surface area contributed by atoms with Crippen molar-refractivity contribution < 1.29 is 24.2 Å². The number of carboxylic acid groups (broad SMARTS) is 2. The molecule has 2 atom stereocenters. The molecule has 0 amide bonds. The largest absolute Gasteiger partial charge is 0.481 e. The molecule has 0 fully saturated rings.